The quantitative estimate of drug-likeness (QED) is 0.513. The van der Waals surface area contributed by atoms with Gasteiger partial charge >= 0.3 is 0 Å². The van der Waals surface area contributed by atoms with Crippen LogP contribution in [-0.4, -0.2) is 21.5 Å². The number of Topliss-reactive ketones (excluding diaryl/α,β-unsaturated/α-hetero) is 2. The van der Waals surface area contributed by atoms with Crippen LogP contribution in [0.1, 0.15) is 43.1 Å². The van der Waals surface area contributed by atoms with Crippen molar-refractivity contribution in [3.63, 3.8) is 0 Å². The number of hydrogen-bond donors (Lipinski definition) is 0. The van der Waals surface area contributed by atoms with Gasteiger partial charge in [0.25, 0.3) is 0 Å². The highest BCUT2D eigenvalue weighted by atomic mass is 32.2. The van der Waals surface area contributed by atoms with Crippen molar-refractivity contribution in [2.24, 2.45) is 0 Å². The summed E-state index contributed by atoms with van der Waals surface area (Å²) in [4.78, 5) is 37.4. The minimum Gasteiger partial charge on any atom is -0.288 e. The third-order valence-electron chi connectivity index (χ3n) is 5.19. The van der Waals surface area contributed by atoms with Gasteiger partial charge in [0.1, 0.15) is 12.0 Å². The minimum absolute atomic E-state index is 0.172. The van der Waals surface area contributed by atoms with Gasteiger partial charge < -0.3 is 0 Å². The van der Waals surface area contributed by atoms with Gasteiger partial charge in [-0.3, -0.25) is 9.59 Å². The zero-order chi connectivity index (χ0) is 21.4. The Hall–Kier alpha value is -2.70. The topological polar surface area (TPSA) is 59.9 Å². The molecule has 6 heteroatoms. The molecule has 4 rings (SSSR count). The van der Waals surface area contributed by atoms with Gasteiger partial charge in [-0.05, 0) is 74.2 Å². The van der Waals surface area contributed by atoms with E-state index in [4.69, 9.17) is 0 Å². The smallest absolute Gasteiger partial charge is 0.220 e. The normalized spacial score (nSPS) is 13.6. The fraction of sp³-hybridized carbons (Fsp3) is 0.167. The predicted molar refractivity (Wildman–Crippen MR) is 121 cm³/mol. The molecule has 0 saturated carbocycles. The van der Waals surface area contributed by atoms with Crippen LogP contribution in [0, 0.1) is 27.7 Å². The van der Waals surface area contributed by atoms with Crippen LogP contribution < -0.4 is 0 Å². The van der Waals surface area contributed by atoms with Crippen LogP contribution in [0.3, 0.4) is 0 Å². The molecule has 0 spiro atoms. The molecule has 1 aromatic heterocycles. The highest BCUT2D eigenvalue weighted by molar-refractivity contribution is 8.08. The molecule has 0 unspecified atom stereocenters. The molecule has 0 amide bonds. The molecule has 150 valence electrons. The summed E-state index contributed by atoms with van der Waals surface area (Å²) in [5.74, 6) is -0.443. The fourth-order valence-electron chi connectivity index (χ4n) is 3.09. The first-order valence-corrected chi connectivity index (χ1v) is 11.1. The maximum absolute atomic E-state index is 13.3. The lowest BCUT2D eigenvalue weighted by atomic mass is 10.0. The van der Waals surface area contributed by atoms with Crippen LogP contribution in [0.2, 0.25) is 0 Å². The van der Waals surface area contributed by atoms with Crippen LogP contribution >= 0.6 is 23.5 Å². The lowest BCUT2D eigenvalue weighted by Gasteiger charge is -2.19. The van der Waals surface area contributed by atoms with Gasteiger partial charge in [0.2, 0.25) is 11.6 Å². The number of aromatic nitrogens is 2. The number of ketones is 2. The maximum atomic E-state index is 13.3. The Morgan fingerprint density at radius 2 is 1.23 bits per heavy atom. The number of rotatable bonds is 4. The molecule has 0 radical (unpaired) electrons. The van der Waals surface area contributed by atoms with Crippen molar-refractivity contribution in [3.05, 3.63) is 92.2 Å². The van der Waals surface area contributed by atoms with E-state index >= 15 is 0 Å². The summed E-state index contributed by atoms with van der Waals surface area (Å²) in [5.41, 5.74) is 5.08. The molecule has 0 fully saturated rings. The van der Waals surface area contributed by atoms with Gasteiger partial charge in [-0.2, -0.15) is 0 Å². The Morgan fingerprint density at radius 1 is 0.700 bits per heavy atom. The number of fused-ring (bicyclic) bond motifs is 1. The van der Waals surface area contributed by atoms with Crippen molar-refractivity contribution >= 4 is 35.1 Å². The molecular formula is C24H20N2O2S2. The van der Waals surface area contributed by atoms with E-state index in [9.17, 15) is 9.59 Å². The summed E-state index contributed by atoms with van der Waals surface area (Å²) in [7, 11) is 0. The fourth-order valence-corrected chi connectivity index (χ4v) is 5.32. The van der Waals surface area contributed by atoms with Crippen LogP contribution in [0.5, 0.6) is 0 Å². The number of allylic oxidation sites excluding steroid dienone is 2. The predicted octanol–water partition coefficient (Wildman–Crippen LogP) is 5.89. The molecule has 0 saturated heterocycles. The van der Waals surface area contributed by atoms with Gasteiger partial charge in [0.15, 0.2) is 0 Å². The third-order valence-corrected chi connectivity index (χ3v) is 7.48. The Bertz CT molecular complexity index is 1140. The second kappa shape index (κ2) is 8.20. The van der Waals surface area contributed by atoms with Gasteiger partial charge in [-0.25, -0.2) is 9.97 Å². The van der Waals surface area contributed by atoms with Crippen molar-refractivity contribution in [1.29, 1.82) is 0 Å². The monoisotopic (exact) mass is 432 g/mol. The van der Waals surface area contributed by atoms with Crippen molar-refractivity contribution in [2.75, 3.05) is 0 Å². The first kappa shape index (κ1) is 20.6. The van der Waals surface area contributed by atoms with Gasteiger partial charge in [-0.15, -0.1) is 0 Å². The summed E-state index contributed by atoms with van der Waals surface area (Å²) < 4.78 is 0. The van der Waals surface area contributed by atoms with E-state index in [1.165, 1.54) is 47.2 Å². The number of carbonyl (C=O) groups excluding carboxylic acids is 2. The van der Waals surface area contributed by atoms with Crippen molar-refractivity contribution in [1.82, 2.24) is 9.97 Å². The number of carbonyl (C=O) groups is 2. The number of nitrogens with zero attached hydrogens (tertiary/aromatic N) is 2. The molecule has 1 heterocycles. The number of benzene rings is 2. The molecule has 1 aliphatic rings. The Morgan fingerprint density at radius 3 is 1.77 bits per heavy atom. The van der Waals surface area contributed by atoms with Crippen LogP contribution in [-0.2, 0) is 0 Å². The second-order valence-corrected chi connectivity index (χ2v) is 9.47. The summed E-state index contributed by atoms with van der Waals surface area (Å²) in [6, 6.07) is 12.1. The second-order valence-electron chi connectivity index (χ2n) is 7.30. The van der Waals surface area contributed by atoms with E-state index in [2.05, 4.69) is 9.97 Å². The molecule has 3 aromatic rings. The van der Waals surface area contributed by atoms with Gasteiger partial charge in [0, 0.05) is 16.0 Å². The van der Waals surface area contributed by atoms with E-state index in [-0.39, 0.29) is 22.8 Å². The zero-order valence-electron chi connectivity index (χ0n) is 17.1. The average Bonchev–Trinajstić information content (AvgIpc) is 2.74. The Balaban J connectivity index is 1.82. The standard InChI is InChI=1S/C24H20N2O2S2/c1-13-5-7-17(9-15(13)3)29-23-21(27)19-11-25-12-26-20(19)22(28)24(23)30-18-8-6-14(2)16(4)10-18/h5-12H,1-4H3. The lowest BCUT2D eigenvalue weighted by molar-refractivity contribution is 0.0984. The molecule has 0 atom stereocenters. The number of thioether (sulfide) groups is 2. The molecule has 30 heavy (non-hydrogen) atoms. The van der Waals surface area contributed by atoms with Crippen LogP contribution in [0.25, 0.3) is 0 Å². The molecule has 1 aliphatic carbocycles. The Labute approximate surface area is 184 Å². The molecule has 0 N–H and O–H groups in total. The highest BCUT2D eigenvalue weighted by Gasteiger charge is 2.35. The molecule has 0 bridgehead atoms. The van der Waals surface area contributed by atoms with Gasteiger partial charge in [0.05, 0.1) is 15.4 Å². The van der Waals surface area contributed by atoms with E-state index in [1.54, 1.807) is 0 Å². The van der Waals surface area contributed by atoms with Crippen molar-refractivity contribution in [2.45, 2.75) is 37.5 Å². The Kier molecular flexibility index (Phi) is 5.62. The molecule has 4 nitrogen and oxygen atoms in total. The van der Waals surface area contributed by atoms with E-state index in [1.807, 2.05) is 64.1 Å². The number of hydrogen-bond acceptors (Lipinski definition) is 6. The van der Waals surface area contributed by atoms with E-state index in [0.717, 1.165) is 20.9 Å². The van der Waals surface area contributed by atoms with Crippen molar-refractivity contribution < 1.29 is 9.59 Å². The summed E-state index contributed by atoms with van der Waals surface area (Å²) in [5, 5.41) is 0. The summed E-state index contributed by atoms with van der Waals surface area (Å²) >= 11 is 2.66. The summed E-state index contributed by atoms with van der Waals surface area (Å²) in [6.07, 6.45) is 2.74. The SMILES string of the molecule is Cc1ccc(SC2=C(Sc3ccc(C)c(C)c3)C(=O)c3ncncc3C2=O)cc1C. The average molecular weight is 433 g/mol. The third kappa shape index (κ3) is 3.85. The van der Waals surface area contributed by atoms with Crippen LogP contribution in [0.4, 0.5) is 0 Å². The molecule has 2 aromatic carbocycles. The first-order valence-electron chi connectivity index (χ1n) is 9.49. The first-order chi connectivity index (χ1) is 14.3. The summed E-state index contributed by atoms with van der Waals surface area (Å²) in [6.45, 7) is 8.17. The molecular weight excluding hydrogens is 412 g/mol. The minimum atomic E-state index is -0.235. The maximum Gasteiger partial charge on any atom is 0.220 e. The number of aryl methyl sites for hydroxylation is 4. The zero-order valence-corrected chi connectivity index (χ0v) is 18.8. The molecule has 0 aliphatic heterocycles. The van der Waals surface area contributed by atoms with Crippen LogP contribution in [0.15, 0.2) is 68.5 Å². The highest BCUT2D eigenvalue weighted by Crippen LogP contribution is 2.43. The van der Waals surface area contributed by atoms with Gasteiger partial charge in [-0.1, -0.05) is 35.7 Å². The lowest BCUT2D eigenvalue weighted by Crippen LogP contribution is -2.21. The van der Waals surface area contributed by atoms with Crippen molar-refractivity contribution in [3.8, 4) is 0 Å². The van der Waals surface area contributed by atoms with E-state index in [0.29, 0.717) is 9.81 Å². The largest absolute Gasteiger partial charge is 0.288 e. The van der Waals surface area contributed by atoms with E-state index < -0.39 is 0 Å².